The first-order valence-corrected chi connectivity index (χ1v) is 8.74. The number of carbonyl (C=O) groups is 1. The van der Waals surface area contributed by atoms with Gasteiger partial charge in [-0.2, -0.15) is 0 Å². The number of aromatic nitrogens is 1. The van der Waals surface area contributed by atoms with Crippen molar-refractivity contribution in [2.45, 2.75) is 26.7 Å². The summed E-state index contributed by atoms with van der Waals surface area (Å²) in [6, 6.07) is 7.81. The van der Waals surface area contributed by atoms with Crippen LogP contribution in [-0.2, 0) is 0 Å². The monoisotopic (exact) mass is 331 g/mol. The number of ether oxygens (including phenoxy) is 1. The molecular weight excluding hydrogens is 302 g/mol. The van der Waals surface area contributed by atoms with E-state index in [0.717, 1.165) is 49.1 Å². The lowest BCUT2D eigenvalue weighted by Gasteiger charge is -2.22. The fourth-order valence-electron chi connectivity index (χ4n) is 2.81. The van der Waals surface area contributed by atoms with Crippen LogP contribution in [0.15, 0.2) is 24.3 Å². The third-order valence-corrected chi connectivity index (χ3v) is 3.95. The van der Waals surface area contributed by atoms with Crippen LogP contribution in [0.2, 0.25) is 0 Å². The van der Waals surface area contributed by atoms with Gasteiger partial charge in [0.1, 0.15) is 11.4 Å². The number of benzene rings is 1. The van der Waals surface area contributed by atoms with Gasteiger partial charge in [0.15, 0.2) is 0 Å². The molecule has 1 N–H and O–H groups in total. The maximum Gasteiger partial charge on any atom is 0.270 e. The number of rotatable bonds is 9. The summed E-state index contributed by atoms with van der Waals surface area (Å²) in [6.45, 7) is 7.25. The van der Waals surface area contributed by atoms with Crippen molar-refractivity contribution in [3.8, 4) is 5.75 Å². The van der Waals surface area contributed by atoms with Crippen LogP contribution in [0, 0.1) is 0 Å². The number of amides is 1. The standard InChI is InChI=1S/C19H29N3O2/c1-5-10-22(12-7-11-21(3)4)19(23)18-13-15-8-9-16(24-6-2)14-17(15)20-18/h8-9,13-14,20H,5-7,10-12H2,1-4H3. The predicted octanol–water partition coefficient (Wildman–Crippen LogP) is 3.37. The Bertz CT molecular complexity index is 664. The Morgan fingerprint density at radius 2 is 1.92 bits per heavy atom. The molecule has 5 heteroatoms. The molecule has 0 aliphatic heterocycles. The number of H-pyrrole nitrogens is 1. The summed E-state index contributed by atoms with van der Waals surface area (Å²) in [6.07, 6.45) is 1.94. The molecule has 0 saturated heterocycles. The summed E-state index contributed by atoms with van der Waals surface area (Å²) in [7, 11) is 4.11. The van der Waals surface area contributed by atoms with E-state index in [4.69, 9.17) is 4.74 Å². The van der Waals surface area contributed by atoms with Gasteiger partial charge in [0.05, 0.1) is 6.61 Å². The molecule has 1 aromatic heterocycles. The smallest absolute Gasteiger partial charge is 0.270 e. The average Bonchev–Trinajstić information content (AvgIpc) is 2.96. The first-order chi connectivity index (χ1) is 11.5. The van der Waals surface area contributed by atoms with Crippen LogP contribution in [0.25, 0.3) is 10.9 Å². The van der Waals surface area contributed by atoms with E-state index < -0.39 is 0 Å². The van der Waals surface area contributed by atoms with Gasteiger partial charge in [0.2, 0.25) is 0 Å². The van der Waals surface area contributed by atoms with Crippen LogP contribution in [0.3, 0.4) is 0 Å². The highest BCUT2D eigenvalue weighted by Gasteiger charge is 2.17. The first kappa shape index (κ1) is 18.3. The number of hydrogen-bond acceptors (Lipinski definition) is 3. The van der Waals surface area contributed by atoms with Gasteiger partial charge >= 0.3 is 0 Å². The van der Waals surface area contributed by atoms with Gasteiger partial charge in [-0.3, -0.25) is 4.79 Å². The van der Waals surface area contributed by atoms with Gasteiger partial charge < -0.3 is 19.5 Å². The lowest BCUT2D eigenvalue weighted by molar-refractivity contribution is 0.0745. The molecule has 5 nitrogen and oxygen atoms in total. The van der Waals surface area contributed by atoms with E-state index in [1.807, 2.05) is 36.1 Å². The molecule has 0 aliphatic carbocycles. The van der Waals surface area contributed by atoms with Crippen LogP contribution in [0.1, 0.15) is 37.2 Å². The molecule has 132 valence electrons. The van der Waals surface area contributed by atoms with Crippen molar-refractivity contribution in [3.05, 3.63) is 30.0 Å². The quantitative estimate of drug-likeness (QED) is 0.766. The molecule has 0 aliphatic rings. The van der Waals surface area contributed by atoms with Crippen LogP contribution in [0.5, 0.6) is 5.75 Å². The van der Waals surface area contributed by atoms with Gasteiger partial charge in [-0.25, -0.2) is 0 Å². The molecule has 0 bridgehead atoms. The lowest BCUT2D eigenvalue weighted by atomic mass is 10.2. The van der Waals surface area contributed by atoms with E-state index in [-0.39, 0.29) is 5.91 Å². The normalized spacial score (nSPS) is 11.2. The number of aromatic amines is 1. The summed E-state index contributed by atoms with van der Waals surface area (Å²) < 4.78 is 5.53. The Morgan fingerprint density at radius 3 is 2.58 bits per heavy atom. The highest BCUT2D eigenvalue weighted by molar-refractivity contribution is 5.98. The Kier molecular flexibility index (Phi) is 6.67. The second-order valence-electron chi connectivity index (χ2n) is 6.31. The van der Waals surface area contributed by atoms with Gasteiger partial charge in [0.25, 0.3) is 5.91 Å². The zero-order valence-electron chi connectivity index (χ0n) is 15.3. The van der Waals surface area contributed by atoms with E-state index in [1.165, 1.54) is 0 Å². The van der Waals surface area contributed by atoms with E-state index in [2.05, 4.69) is 30.9 Å². The van der Waals surface area contributed by atoms with Crippen molar-refractivity contribution in [2.75, 3.05) is 40.3 Å². The van der Waals surface area contributed by atoms with Crippen LogP contribution in [-0.4, -0.2) is 61.0 Å². The van der Waals surface area contributed by atoms with Crippen molar-refractivity contribution >= 4 is 16.8 Å². The minimum atomic E-state index is 0.0739. The van der Waals surface area contributed by atoms with Crippen molar-refractivity contribution in [2.24, 2.45) is 0 Å². The Morgan fingerprint density at radius 1 is 1.12 bits per heavy atom. The molecule has 2 rings (SSSR count). The van der Waals surface area contributed by atoms with Gasteiger partial charge in [-0.15, -0.1) is 0 Å². The zero-order valence-corrected chi connectivity index (χ0v) is 15.3. The predicted molar refractivity (Wildman–Crippen MR) is 98.8 cm³/mol. The molecule has 0 atom stereocenters. The molecule has 1 amide bonds. The average molecular weight is 331 g/mol. The van der Waals surface area contributed by atoms with E-state index in [1.54, 1.807) is 0 Å². The Balaban J connectivity index is 2.14. The molecule has 0 radical (unpaired) electrons. The summed E-state index contributed by atoms with van der Waals surface area (Å²) in [5, 5.41) is 1.03. The van der Waals surface area contributed by atoms with Gasteiger partial charge in [-0.1, -0.05) is 6.92 Å². The third-order valence-electron chi connectivity index (χ3n) is 3.95. The molecule has 24 heavy (non-hydrogen) atoms. The lowest BCUT2D eigenvalue weighted by Crippen LogP contribution is -2.34. The van der Waals surface area contributed by atoms with E-state index >= 15 is 0 Å². The van der Waals surface area contributed by atoms with Crippen LogP contribution in [0.4, 0.5) is 0 Å². The fraction of sp³-hybridized carbons (Fsp3) is 0.526. The fourth-order valence-corrected chi connectivity index (χ4v) is 2.81. The van der Waals surface area contributed by atoms with E-state index in [9.17, 15) is 4.79 Å². The maximum absolute atomic E-state index is 12.8. The molecular formula is C19H29N3O2. The highest BCUT2D eigenvalue weighted by atomic mass is 16.5. The molecule has 2 aromatic rings. The summed E-state index contributed by atoms with van der Waals surface area (Å²) in [5.41, 5.74) is 1.59. The van der Waals surface area contributed by atoms with Crippen molar-refractivity contribution in [1.29, 1.82) is 0 Å². The second kappa shape index (κ2) is 8.73. The molecule has 0 fully saturated rings. The Labute approximate surface area is 144 Å². The number of fused-ring (bicyclic) bond motifs is 1. The molecule has 0 spiro atoms. The van der Waals surface area contributed by atoms with Crippen molar-refractivity contribution in [3.63, 3.8) is 0 Å². The van der Waals surface area contributed by atoms with Crippen LogP contribution < -0.4 is 4.74 Å². The van der Waals surface area contributed by atoms with Gasteiger partial charge in [-0.05, 0) is 58.6 Å². The zero-order chi connectivity index (χ0) is 17.5. The van der Waals surface area contributed by atoms with Crippen molar-refractivity contribution < 1.29 is 9.53 Å². The summed E-state index contributed by atoms with van der Waals surface area (Å²) in [4.78, 5) is 20.2. The first-order valence-electron chi connectivity index (χ1n) is 8.74. The number of nitrogens with zero attached hydrogens (tertiary/aromatic N) is 2. The van der Waals surface area contributed by atoms with Crippen molar-refractivity contribution in [1.82, 2.24) is 14.8 Å². The van der Waals surface area contributed by atoms with Gasteiger partial charge in [0, 0.05) is 30.1 Å². The highest BCUT2D eigenvalue weighted by Crippen LogP contribution is 2.22. The van der Waals surface area contributed by atoms with Crippen LogP contribution >= 0.6 is 0 Å². The third kappa shape index (κ3) is 4.74. The molecule has 1 aromatic carbocycles. The minimum absolute atomic E-state index is 0.0739. The largest absolute Gasteiger partial charge is 0.494 e. The number of nitrogens with one attached hydrogen (secondary N) is 1. The molecule has 0 unspecified atom stereocenters. The summed E-state index contributed by atoms with van der Waals surface area (Å²) >= 11 is 0. The molecule has 1 heterocycles. The Hall–Kier alpha value is -2.01. The number of hydrogen-bond donors (Lipinski definition) is 1. The minimum Gasteiger partial charge on any atom is -0.494 e. The SMILES string of the molecule is CCCN(CCCN(C)C)C(=O)c1cc2ccc(OCC)cc2[nH]1. The number of carbonyl (C=O) groups excluding carboxylic acids is 1. The topological polar surface area (TPSA) is 48.6 Å². The molecule has 0 saturated carbocycles. The summed E-state index contributed by atoms with van der Waals surface area (Å²) in [5.74, 6) is 0.895. The maximum atomic E-state index is 12.8. The van der Waals surface area contributed by atoms with E-state index in [0.29, 0.717) is 12.3 Å². The second-order valence-corrected chi connectivity index (χ2v) is 6.31.